The van der Waals surface area contributed by atoms with Crippen molar-refractivity contribution in [3.63, 3.8) is 0 Å². The van der Waals surface area contributed by atoms with Gasteiger partial charge in [0.2, 0.25) is 0 Å². The Balaban J connectivity index is 2.06. The van der Waals surface area contributed by atoms with Crippen molar-refractivity contribution in [3.8, 4) is 0 Å². The molecule has 1 aliphatic heterocycles. The van der Waals surface area contributed by atoms with Crippen LogP contribution in [0.1, 0.15) is 16.8 Å². The zero-order chi connectivity index (χ0) is 20.8. The first-order chi connectivity index (χ1) is 13.8. The number of halogens is 4. The Morgan fingerprint density at radius 3 is 2.34 bits per heavy atom. The van der Waals surface area contributed by atoms with E-state index >= 15 is 0 Å². The summed E-state index contributed by atoms with van der Waals surface area (Å²) in [4.78, 5) is 17.0. The summed E-state index contributed by atoms with van der Waals surface area (Å²) < 4.78 is 19.9. The largest absolute Gasteiger partial charge is 0.420 e. The lowest BCUT2D eigenvalue weighted by molar-refractivity contribution is -0.178. The van der Waals surface area contributed by atoms with Crippen LogP contribution >= 0.6 is 34.8 Å². The maximum absolute atomic E-state index is 14.6. The van der Waals surface area contributed by atoms with E-state index in [1.165, 1.54) is 30.5 Å². The fraction of sp³-hybridized carbons (Fsp3) is 0.0476. The molecular weight excluding hydrogens is 440 g/mol. The number of benzene rings is 2. The number of hydrogen-bond acceptors (Lipinski definition) is 4. The molecule has 0 amide bonds. The van der Waals surface area contributed by atoms with Crippen molar-refractivity contribution in [2.24, 2.45) is 0 Å². The second-order valence-corrected chi connectivity index (χ2v) is 7.53. The van der Waals surface area contributed by atoms with Crippen LogP contribution in [0, 0.1) is 5.82 Å². The summed E-state index contributed by atoms with van der Waals surface area (Å²) in [6.07, 6.45) is 1.31. The predicted octanol–water partition coefficient (Wildman–Crippen LogP) is 5.49. The summed E-state index contributed by atoms with van der Waals surface area (Å²) in [5.41, 5.74) is 0.117. The Bertz CT molecular complexity index is 1160. The van der Waals surface area contributed by atoms with E-state index in [1.807, 2.05) is 0 Å². The van der Waals surface area contributed by atoms with Crippen LogP contribution < -0.4 is 0 Å². The predicted molar refractivity (Wildman–Crippen MR) is 109 cm³/mol. The van der Waals surface area contributed by atoms with Gasteiger partial charge >= 0.3 is 5.97 Å². The van der Waals surface area contributed by atoms with Crippen molar-refractivity contribution in [1.82, 2.24) is 4.98 Å². The number of nitrogens with zero attached hydrogens (tertiary/aromatic N) is 1. The van der Waals surface area contributed by atoms with Gasteiger partial charge in [0.05, 0.1) is 32.4 Å². The highest BCUT2D eigenvalue weighted by atomic mass is 35.5. The minimum absolute atomic E-state index is 0.000916. The van der Waals surface area contributed by atoms with Crippen molar-refractivity contribution >= 4 is 51.9 Å². The summed E-state index contributed by atoms with van der Waals surface area (Å²) in [5.74, 6) is -4.04. The van der Waals surface area contributed by atoms with Gasteiger partial charge in [-0.3, -0.25) is 4.98 Å². The van der Waals surface area contributed by atoms with Gasteiger partial charge in [-0.05, 0) is 35.9 Å². The summed E-state index contributed by atoms with van der Waals surface area (Å²) in [5, 5.41) is 12.2. The molecule has 1 aliphatic rings. The molecule has 4 rings (SSSR count). The maximum atomic E-state index is 14.6. The van der Waals surface area contributed by atoms with Gasteiger partial charge in [-0.1, -0.05) is 59.1 Å². The molecule has 29 heavy (non-hydrogen) atoms. The first kappa shape index (κ1) is 19.9. The van der Waals surface area contributed by atoms with Crippen molar-refractivity contribution < 1.29 is 19.0 Å². The quantitative estimate of drug-likeness (QED) is 0.536. The van der Waals surface area contributed by atoms with Gasteiger partial charge in [0.1, 0.15) is 5.82 Å². The Labute approximate surface area is 180 Å². The van der Waals surface area contributed by atoms with Crippen molar-refractivity contribution in [1.29, 1.82) is 0 Å². The minimum Gasteiger partial charge on any atom is -0.420 e. The average molecular weight is 451 g/mol. The highest BCUT2D eigenvalue weighted by Gasteiger charge is 2.51. The topological polar surface area (TPSA) is 59.4 Å². The molecular formula is C21H11Cl3FNO3. The zero-order valence-corrected chi connectivity index (χ0v) is 16.8. The third-order valence-corrected chi connectivity index (χ3v) is 5.20. The van der Waals surface area contributed by atoms with Gasteiger partial charge in [0, 0.05) is 11.2 Å². The molecule has 1 aromatic heterocycles. The fourth-order valence-electron chi connectivity index (χ4n) is 3.20. The lowest BCUT2D eigenvalue weighted by Gasteiger charge is -2.26. The van der Waals surface area contributed by atoms with Crippen LogP contribution in [0.25, 0.3) is 11.1 Å². The van der Waals surface area contributed by atoms with Crippen LogP contribution in [-0.2, 0) is 15.3 Å². The molecule has 0 saturated carbocycles. The van der Waals surface area contributed by atoms with Crippen molar-refractivity contribution in [2.45, 2.75) is 5.79 Å². The van der Waals surface area contributed by atoms with E-state index in [0.29, 0.717) is 10.6 Å². The molecule has 0 radical (unpaired) electrons. The number of carbonyl (C=O) groups excluding carboxylic acids is 1. The number of esters is 1. The number of aliphatic hydroxyl groups is 1. The molecule has 0 bridgehead atoms. The molecule has 1 N–H and O–H groups in total. The number of cyclic esters (lactones) is 1. The van der Waals surface area contributed by atoms with Gasteiger partial charge in [0.25, 0.3) is 5.79 Å². The molecule has 0 spiro atoms. The normalized spacial score (nSPS) is 18.9. The summed E-state index contributed by atoms with van der Waals surface area (Å²) >= 11 is 18.1. The van der Waals surface area contributed by atoms with Crippen molar-refractivity contribution in [3.05, 3.63) is 98.5 Å². The van der Waals surface area contributed by atoms with Gasteiger partial charge in [0.15, 0.2) is 0 Å². The number of hydrogen-bond donors (Lipinski definition) is 1. The number of aromatic nitrogens is 1. The molecule has 0 saturated heterocycles. The number of carbonyl (C=O) groups is 1. The molecule has 4 nitrogen and oxygen atoms in total. The summed E-state index contributed by atoms with van der Waals surface area (Å²) in [7, 11) is 0. The van der Waals surface area contributed by atoms with E-state index in [1.54, 1.807) is 24.3 Å². The smallest absolute Gasteiger partial charge is 0.344 e. The van der Waals surface area contributed by atoms with Crippen LogP contribution in [0.15, 0.2) is 60.8 Å². The average Bonchev–Trinajstić information content (AvgIpc) is 2.94. The van der Waals surface area contributed by atoms with E-state index in [-0.39, 0.29) is 32.4 Å². The molecule has 8 heteroatoms. The van der Waals surface area contributed by atoms with Crippen LogP contribution in [0.4, 0.5) is 4.39 Å². The highest BCUT2D eigenvalue weighted by Crippen LogP contribution is 2.49. The molecule has 2 aromatic carbocycles. The summed E-state index contributed by atoms with van der Waals surface area (Å²) in [6.45, 7) is 0. The van der Waals surface area contributed by atoms with E-state index in [4.69, 9.17) is 39.5 Å². The Morgan fingerprint density at radius 1 is 1.00 bits per heavy atom. The van der Waals surface area contributed by atoms with E-state index in [9.17, 15) is 14.3 Å². The highest BCUT2D eigenvalue weighted by molar-refractivity contribution is 6.38. The Hall–Kier alpha value is -2.44. The number of ether oxygens (including phenoxy) is 1. The second-order valence-electron chi connectivity index (χ2n) is 6.25. The Morgan fingerprint density at radius 2 is 1.69 bits per heavy atom. The molecule has 3 aromatic rings. The maximum Gasteiger partial charge on any atom is 0.344 e. The van der Waals surface area contributed by atoms with Crippen LogP contribution in [0.2, 0.25) is 15.1 Å². The molecule has 2 heterocycles. The van der Waals surface area contributed by atoms with E-state index in [0.717, 1.165) is 6.07 Å². The third-order valence-electron chi connectivity index (χ3n) is 4.45. The number of rotatable bonds is 3. The Kier molecular flexibility index (Phi) is 5.09. The van der Waals surface area contributed by atoms with Gasteiger partial charge in [-0.15, -0.1) is 0 Å². The van der Waals surface area contributed by atoms with Crippen molar-refractivity contribution in [2.75, 3.05) is 0 Å². The van der Waals surface area contributed by atoms with Gasteiger partial charge in [-0.25, -0.2) is 9.18 Å². The SMILES string of the molecule is O=C1OC(O)(c2ccccc2F)C(c2ccc(Cl)cc2)=C1c1ncc(Cl)cc1Cl. The number of pyridine rings is 1. The molecule has 146 valence electrons. The monoisotopic (exact) mass is 449 g/mol. The van der Waals surface area contributed by atoms with E-state index < -0.39 is 17.6 Å². The first-order valence-electron chi connectivity index (χ1n) is 8.34. The van der Waals surface area contributed by atoms with Crippen LogP contribution in [-0.4, -0.2) is 16.1 Å². The lowest BCUT2D eigenvalue weighted by atomic mass is 9.88. The molecule has 0 fully saturated rings. The molecule has 0 aliphatic carbocycles. The van der Waals surface area contributed by atoms with Crippen LogP contribution in [0.5, 0.6) is 0 Å². The lowest BCUT2D eigenvalue weighted by Crippen LogP contribution is -2.29. The fourth-order valence-corrected chi connectivity index (χ4v) is 3.80. The van der Waals surface area contributed by atoms with Gasteiger partial charge < -0.3 is 9.84 Å². The first-order valence-corrected chi connectivity index (χ1v) is 9.47. The third kappa shape index (κ3) is 3.40. The molecule has 1 atom stereocenters. The van der Waals surface area contributed by atoms with Crippen LogP contribution in [0.3, 0.4) is 0 Å². The minimum atomic E-state index is -2.39. The van der Waals surface area contributed by atoms with E-state index in [2.05, 4.69) is 4.98 Å². The standard InChI is InChI=1S/C21H11Cl3FNO3/c22-12-7-5-11(6-8-12)18-17(19-15(24)9-13(23)10-26-19)20(27)29-21(18,28)14-3-1-2-4-16(14)25/h1-10,28H. The summed E-state index contributed by atoms with van der Waals surface area (Å²) in [6, 6.07) is 13.2. The van der Waals surface area contributed by atoms with Gasteiger partial charge in [-0.2, -0.15) is 0 Å². The zero-order valence-electron chi connectivity index (χ0n) is 14.5. The second kappa shape index (κ2) is 7.43. The molecule has 1 unspecified atom stereocenters.